The quantitative estimate of drug-likeness (QED) is 0.851. The average Bonchev–Trinajstić information content (AvgIpc) is 3.17. The maximum absolute atomic E-state index is 12.4. The van der Waals surface area contributed by atoms with Crippen molar-refractivity contribution >= 4 is 5.91 Å². The fraction of sp³-hybridized carbons (Fsp3) is 0.444. The van der Waals surface area contributed by atoms with Crippen molar-refractivity contribution in [3.63, 3.8) is 0 Å². The van der Waals surface area contributed by atoms with Crippen LogP contribution in [0, 0.1) is 6.92 Å². The van der Waals surface area contributed by atoms with E-state index in [1.807, 2.05) is 26.1 Å². The molecule has 2 heterocycles. The molecule has 3 rings (SSSR count). The van der Waals surface area contributed by atoms with Crippen molar-refractivity contribution in [1.29, 1.82) is 0 Å². The largest absolute Gasteiger partial charge is 0.361 e. The number of carbonyl (C=O) groups is 1. The Morgan fingerprint density at radius 3 is 2.87 bits per heavy atom. The molecule has 1 saturated heterocycles. The molecule has 0 saturated carbocycles. The summed E-state index contributed by atoms with van der Waals surface area (Å²) in [5, 5.41) is 3.94. The molecule has 1 aliphatic rings. The Balaban J connectivity index is 1.50. The number of rotatable bonds is 5. The van der Waals surface area contributed by atoms with Crippen LogP contribution in [0.2, 0.25) is 0 Å². The van der Waals surface area contributed by atoms with E-state index in [0.717, 1.165) is 31.0 Å². The van der Waals surface area contributed by atoms with Crippen molar-refractivity contribution < 1.29 is 9.32 Å². The summed E-state index contributed by atoms with van der Waals surface area (Å²) in [5.74, 6) is 1.43. The van der Waals surface area contributed by atoms with Crippen LogP contribution in [0.4, 0.5) is 0 Å². The fourth-order valence-electron chi connectivity index (χ4n) is 3.11. The van der Waals surface area contributed by atoms with E-state index in [9.17, 15) is 4.79 Å². The molecule has 0 bridgehead atoms. The number of aromatic nitrogens is 1. The number of hydrogen-bond acceptors (Lipinski definition) is 4. The predicted molar refractivity (Wildman–Crippen MR) is 88.0 cm³/mol. The Morgan fingerprint density at radius 2 is 2.17 bits per heavy atom. The summed E-state index contributed by atoms with van der Waals surface area (Å²) < 4.78 is 5.04. The first-order valence-electron chi connectivity index (χ1n) is 8.05. The molecular weight excluding hydrogens is 290 g/mol. The first kappa shape index (κ1) is 15.7. The van der Waals surface area contributed by atoms with Gasteiger partial charge in [-0.25, -0.2) is 0 Å². The molecule has 0 N–H and O–H groups in total. The lowest BCUT2D eigenvalue weighted by Crippen LogP contribution is -2.37. The van der Waals surface area contributed by atoms with Gasteiger partial charge in [-0.15, -0.1) is 0 Å². The molecule has 1 aromatic carbocycles. The summed E-state index contributed by atoms with van der Waals surface area (Å²) in [6.45, 7) is 4.74. The topological polar surface area (TPSA) is 49.6 Å². The number of benzene rings is 1. The van der Waals surface area contributed by atoms with Gasteiger partial charge in [-0.05, 0) is 31.4 Å². The van der Waals surface area contributed by atoms with Gasteiger partial charge in [-0.3, -0.25) is 9.69 Å². The lowest BCUT2D eigenvalue weighted by Gasteiger charge is -2.21. The Labute approximate surface area is 136 Å². The van der Waals surface area contributed by atoms with Gasteiger partial charge < -0.3 is 9.42 Å². The second-order valence-corrected chi connectivity index (χ2v) is 6.31. The van der Waals surface area contributed by atoms with Gasteiger partial charge in [-0.1, -0.05) is 35.5 Å². The standard InChI is InChI=1S/C18H23N3O2/c1-14-10-17(19-23-14)12-20(2)18(22)13-21-9-8-16(11-21)15-6-4-3-5-7-15/h3-7,10,16H,8-9,11-13H2,1-2H3/t16-/m0/s1. The average molecular weight is 313 g/mol. The highest BCUT2D eigenvalue weighted by atomic mass is 16.5. The molecule has 5 nitrogen and oxygen atoms in total. The first-order chi connectivity index (χ1) is 11.1. The van der Waals surface area contributed by atoms with E-state index in [2.05, 4.69) is 34.3 Å². The van der Waals surface area contributed by atoms with Crippen LogP contribution >= 0.6 is 0 Å². The molecule has 1 aliphatic heterocycles. The van der Waals surface area contributed by atoms with Gasteiger partial charge in [0.25, 0.3) is 0 Å². The number of hydrogen-bond donors (Lipinski definition) is 0. The van der Waals surface area contributed by atoms with Crippen molar-refractivity contribution in [2.24, 2.45) is 0 Å². The van der Waals surface area contributed by atoms with Crippen molar-refractivity contribution in [2.45, 2.75) is 25.8 Å². The molecule has 1 atom stereocenters. The second kappa shape index (κ2) is 6.96. The Morgan fingerprint density at radius 1 is 1.39 bits per heavy atom. The van der Waals surface area contributed by atoms with Crippen LogP contribution in [0.3, 0.4) is 0 Å². The van der Waals surface area contributed by atoms with E-state index in [4.69, 9.17) is 4.52 Å². The van der Waals surface area contributed by atoms with Gasteiger partial charge in [0.1, 0.15) is 11.5 Å². The zero-order chi connectivity index (χ0) is 16.2. The maximum Gasteiger partial charge on any atom is 0.236 e. The smallest absolute Gasteiger partial charge is 0.236 e. The van der Waals surface area contributed by atoms with E-state index in [1.165, 1.54) is 5.56 Å². The predicted octanol–water partition coefficient (Wildman–Crippen LogP) is 2.43. The van der Waals surface area contributed by atoms with Crippen LogP contribution in [-0.2, 0) is 11.3 Å². The Hall–Kier alpha value is -2.14. The maximum atomic E-state index is 12.4. The van der Waals surface area contributed by atoms with Crippen LogP contribution in [0.1, 0.15) is 29.4 Å². The first-order valence-corrected chi connectivity index (χ1v) is 8.05. The monoisotopic (exact) mass is 313 g/mol. The lowest BCUT2D eigenvalue weighted by atomic mass is 9.99. The number of nitrogens with zero attached hydrogens (tertiary/aromatic N) is 3. The third-order valence-corrected chi connectivity index (χ3v) is 4.40. The van der Waals surface area contributed by atoms with Crippen LogP contribution in [-0.4, -0.2) is 47.5 Å². The molecule has 23 heavy (non-hydrogen) atoms. The molecule has 5 heteroatoms. The van der Waals surface area contributed by atoms with Crippen molar-refractivity contribution in [3.05, 3.63) is 53.4 Å². The third-order valence-electron chi connectivity index (χ3n) is 4.40. The van der Waals surface area contributed by atoms with E-state index in [1.54, 1.807) is 4.90 Å². The number of likely N-dealkylation sites (tertiary alicyclic amines) is 1. The minimum Gasteiger partial charge on any atom is -0.361 e. The van der Waals surface area contributed by atoms with E-state index >= 15 is 0 Å². The minimum absolute atomic E-state index is 0.124. The number of likely N-dealkylation sites (N-methyl/N-ethyl adjacent to an activating group) is 1. The van der Waals surface area contributed by atoms with E-state index < -0.39 is 0 Å². The molecule has 0 radical (unpaired) electrons. The van der Waals surface area contributed by atoms with Gasteiger partial charge in [0.15, 0.2) is 0 Å². The highest BCUT2D eigenvalue weighted by Gasteiger charge is 2.26. The van der Waals surface area contributed by atoms with Gasteiger partial charge in [0.2, 0.25) is 5.91 Å². The number of amides is 1. The number of aryl methyl sites for hydroxylation is 1. The zero-order valence-electron chi connectivity index (χ0n) is 13.7. The zero-order valence-corrected chi connectivity index (χ0v) is 13.7. The molecular formula is C18H23N3O2. The Bertz CT molecular complexity index is 653. The van der Waals surface area contributed by atoms with Crippen molar-refractivity contribution in [3.8, 4) is 0 Å². The minimum atomic E-state index is 0.124. The molecule has 0 spiro atoms. The highest BCUT2D eigenvalue weighted by molar-refractivity contribution is 5.78. The van der Waals surface area contributed by atoms with E-state index in [0.29, 0.717) is 19.0 Å². The van der Waals surface area contributed by atoms with Crippen molar-refractivity contribution in [2.75, 3.05) is 26.7 Å². The molecule has 0 unspecified atom stereocenters. The van der Waals surface area contributed by atoms with Gasteiger partial charge >= 0.3 is 0 Å². The van der Waals surface area contributed by atoms with Gasteiger partial charge in [-0.2, -0.15) is 0 Å². The normalized spacial score (nSPS) is 18.3. The summed E-state index contributed by atoms with van der Waals surface area (Å²) in [4.78, 5) is 16.3. The highest BCUT2D eigenvalue weighted by Crippen LogP contribution is 2.26. The summed E-state index contributed by atoms with van der Waals surface area (Å²) >= 11 is 0. The van der Waals surface area contributed by atoms with Gasteiger partial charge in [0, 0.05) is 19.7 Å². The van der Waals surface area contributed by atoms with Crippen LogP contribution in [0.15, 0.2) is 40.9 Å². The summed E-state index contributed by atoms with van der Waals surface area (Å²) in [6.07, 6.45) is 1.11. The third kappa shape index (κ3) is 3.99. The van der Waals surface area contributed by atoms with Crippen LogP contribution in [0.25, 0.3) is 0 Å². The summed E-state index contributed by atoms with van der Waals surface area (Å²) in [5.41, 5.74) is 2.16. The lowest BCUT2D eigenvalue weighted by molar-refractivity contribution is -0.131. The molecule has 1 fully saturated rings. The molecule has 122 valence electrons. The molecule has 1 aromatic heterocycles. The summed E-state index contributed by atoms with van der Waals surface area (Å²) in [6, 6.07) is 12.4. The molecule has 2 aromatic rings. The van der Waals surface area contributed by atoms with Crippen LogP contribution in [0.5, 0.6) is 0 Å². The SMILES string of the molecule is Cc1cc(CN(C)C(=O)CN2CC[C@H](c3ccccc3)C2)no1. The van der Waals surface area contributed by atoms with E-state index in [-0.39, 0.29) is 5.91 Å². The van der Waals surface area contributed by atoms with Crippen LogP contribution < -0.4 is 0 Å². The Kier molecular flexibility index (Phi) is 4.76. The second-order valence-electron chi connectivity index (χ2n) is 6.31. The molecule has 1 amide bonds. The number of carbonyl (C=O) groups excluding carboxylic acids is 1. The fourth-order valence-corrected chi connectivity index (χ4v) is 3.11. The summed E-state index contributed by atoms with van der Waals surface area (Å²) in [7, 11) is 1.82. The molecule has 0 aliphatic carbocycles. The van der Waals surface area contributed by atoms with Gasteiger partial charge in [0.05, 0.1) is 13.1 Å². The van der Waals surface area contributed by atoms with Crippen molar-refractivity contribution in [1.82, 2.24) is 15.0 Å².